The molecule has 0 N–H and O–H groups in total. The normalized spacial score (nSPS) is 28.9. The van der Waals surface area contributed by atoms with Crippen LogP contribution in [0, 0.1) is 0 Å². The second-order valence-corrected chi connectivity index (χ2v) is 17.2. The molecule has 0 aromatic heterocycles. The molecule has 0 aromatic carbocycles. The van der Waals surface area contributed by atoms with Crippen LogP contribution in [0.25, 0.3) is 0 Å². The van der Waals surface area contributed by atoms with Gasteiger partial charge < -0.3 is 0 Å². The van der Waals surface area contributed by atoms with Crippen LogP contribution in [0.3, 0.4) is 0 Å². The first kappa shape index (κ1) is 8.46. The molecule has 2 aliphatic rings. The minimum absolute atomic E-state index is 1.11. The van der Waals surface area contributed by atoms with Crippen molar-refractivity contribution in [3.63, 3.8) is 0 Å². The van der Waals surface area contributed by atoms with E-state index in [4.69, 9.17) is 20.0 Å². The molecule has 0 radical (unpaired) electrons. The first-order valence-electron chi connectivity index (χ1n) is 4.25. The molecule has 0 bridgehead atoms. The second-order valence-electron chi connectivity index (χ2n) is 3.62. The van der Waals surface area contributed by atoms with Crippen LogP contribution in [-0.2, 0) is 0 Å². The summed E-state index contributed by atoms with van der Waals surface area (Å²) in [5.41, 5.74) is 3.28. The zero-order chi connectivity index (χ0) is 7.90. The molecule has 0 spiro atoms. The molecule has 0 saturated carbocycles. The van der Waals surface area contributed by atoms with Crippen LogP contribution in [0.1, 0.15) is 25.7 Å². The fourth-order valence-corrected chi connectivity index (χ4v) is 10.2. The van der Waals surface area contributed by atoms with Crippen LogP contribution in [-0.4, -0.2) is 11.4 Å². The second kappa shape index (κ2) is 2.97. The zero-order valence-electron chi connectivity index (χ0n) is 6.50. The third-order valence-electron chi connectivity index (χ3n) is 2.65. The maximum atomic E-state index is 6.25. The van der Waals surface area contributed by atoms with Crippen LogP contribution >= 0.6 is 20.0 Å². The van der Waals surface area contributed by atoms with Gasteiger partial charge >= 0.3 is 78.8 Å². The van der Waals surface area contributed by atoms with Crippen LogP contribution in [0.15, 0.2) is 11.1 Å². The summed E-state index contributed by atoms with van der Waals surface area (Å²) >= 11 is -2.27. The van der Waals surface area contributed by atoms with Crippen molar-refractivity contribution in [3.05, 3.63) is 11.1 Å². The van der Waals surface area contributed by atoms with Gasteiger partial charge in [-0.1, -0.05) is 0 Å². The number of hydrogen-bond acceptors (Lipinski definition) is 0. The first-order valence-corrected chi connectivity index (χ1v) is 12.7. The van der Waals surface area contributed by atoms with E-state index in [2.05, 4.69) is 0 Å². The zero-order valence-corrected chi connectivity index (χ0v) is 10.1. The third-order valence-corrected chi connectivity index (χ3v) is 9.39. The van der Waals surface area contributed by atoms with Gasteiger partial charge in [-0.15, -0.1) is 0 Å². The molecule has 0 amide bonds. The van der Waals surface area contributed by atoms with Crippen LogP contribution in [0.5, 0.6) is 0 Å². The van der Waals surface area contributed by atoms with Gasteiger partial charge in [-0.2, -0.15) is 0 Å². The van der Waals surface area contributed by atoms with Gasteiger partial charge in [-0.05, 0) is 0 Å². The SMILES string of the molecule is [Cl][Ge]1([Cl])[CH2]C2=C(CCCC2)[CH2]1. The number of halogens is 2. The van der Waals surface area contributed by atoms with Crippen molar-refractivity contribution >= 4 is 31.4 Å². The molecule has 3 heteroatoms. The molecule has 1 heterocycles. The Labute approximate surface area is 78.7 Å². The molecular formula is C8H12Cl2Ge. The number of allylic oxidation sites excluding steroid dienone is 2. The molecule has 0 saturated heterocycles. The molecule has 1 aliphatic carbocycles. The van der Waals surface area contributed by atoms with Gasteiger partial charge in [0.05, 0.1) is 0 Å². The molecular weight excluding hydrogens is 240 g/mol. The van der Waals surface area contributed by atoms with Gasteiger partial charge in [0.15, 0.2) is 0 Å². The van der Waals surface area contributed by atoms with Crippen molar-refractivity contribution in [2.75, 3.05) is 0 Å². The topological polar surface area (TPSA) is 0 Å². The van der Waals surface area contributed by atoms with Gasteiger partial charge in [0, 0.05) is 0 Å². The average Bonchev–Trinajstić information content (AvgIpc) is 2.21. The number of rotatable bonds is 0. The van der Waals surface area contributed by atoms with Crippen molar-refractivity contribution in [2.45, 2.75) is 36.2 Å². The van der Waals surface area contributed by atoms with Crippen molar-refractivity contribution in [2.24, 2.45) is 0 Å². The molecule has 62 valence electrons. The van der Waals surface area contributed by atoms with Crippen molar-refractivity contribution in [3.8, 4) is 0 Å². The van der Waals surface area contributed by atoms with Crippen molar-refractivity contribution < 1.29 is 0 Å². The predicted molar refractivity (Wildman–Crippen MR) is 52.6 cm³/mol. The fourth-order valence-electron chi connectivity index (χ4n) is 2.14. The van der Waals surface area contributed by atoms with Gasteiger partial charge in [-0.3, -0.25) is 0 Å². The summed E-state index contributed by atoms with van der Waals surface area (Å²) in [7, 11) is 12.5. The molecule has 11 heavy (non-hydrogen) atoms. The fraction of sp³-hybridized carbons (Fsp3) is 0.750. The van der Waals surface area contributed by atoms with E-state index in [1.807, 2.05) is 0 Å². The molecule has 0 nitrogen and oxygen atoms in total. The summed E-state index contributed by atoms with van der Waals surface area (Å²) in [6, 6.07) is 0. The van der Waals surface area contributed by atoms with Gasteiger partial charge in [0.2, 0.25) is 0 Å². The Morgan fingerprint density at radius 2 is 1.36 bits per heavy atom. The van der Waals surface area contributed by atoms with Gasteiger partial charge in [0.25, 0.3) is 0 Å². The Kier molecular flexibility index (Phi) is 2.28. The summed E-state index contributed by atoms with van der Waals surface area (Å²) in [5, 5.41) is 2.22. The maximum absolute atomic E-state index is 6.25. The third kappa shape index (κ3) is 1.79. The van der Waals surface area contributed by atoms with Crippen molar-refractivity contribution in [1.82, 2.24) is 0 Å². The van der Waals surface area contributed by atoms with Crippen LogP contribution in [0.4, 0.5) is 0 Å². The molecule has 2 rings (SSSR count). The predicted octanol–water partition coefficient (Wildman–Crippen LogP) is 3.79. The van der Waals surface area contributed by atoms with E-state index in [-0.39, 0.29) is 0 Å². The van der Waals surface area contributed by atoms with Gasteiger partial charge in [-0.25, -0.2) is 0 Å². The average molecular weight is 252 g/mol. The summed E-state index contributed by atoms with van der Waals surface area (Å²) in [6.07, 6.45) is 5.32. The van der Waals surface area contributed by atoms with Crippen LogP contribution in [0.2, 0.25) is 10.5 Å². The summed E-state index contributed by atoms with van der Waals surface area (Å²) in [4.78, 5) is 0. The molecule has 0 fully saturated rings. The van der Waals surface area contributed by atoms with E-state index in [0.717, 1.165) is 10.5 Å². The Hall–Kier alpha value is 0.863. The number of hydrogen-bond donors (Lipinski definition) is 0. The van der Waals surface area contributed by atoms with E-state index < -0.39 is 11.4 Å². The Bertz CT molecular complexity index is 188. The van der Waals surface area contributed by atoms with E-state index >= 15 is 0 Å². The van der Waals surface area contributed by atoms with E-state index in [1.54, 1.807) is 11.1 Å². The monoisotopic (exact) mass is 252 g/mol. The first-order chi connectivity index (χ1) is 5.17. The molecule has 1 aliphatic heterocycles. The van der Waals surface area contributed by atoms with Crippen LogP contribution < -0.4 is 0 Å². The van der Waals surface area contributed by atoms with E-state index in [0.29, 0.717) is 0 Å². The molecule has 0 aromatic rings. The molecule has 0 unspecified atom stereocenters. The summed E-state index contributed by atoms with van der Waals surface area (Å²) < 4.78 is 0. The molecule has 0 atom stereocenters. The quantitative estimate of drug-likeness (QED) is 0.454. The van der Waals surface area contributed by atoms with E-state index in [9.17, 15) is 0 Å². The van der Waals surface area contributed by atoms with Gasteiger partial charge in [0.1, 0.15) is 0 Å². The summed E-state index contributed by atoms with van der Waals surface area (Å²) in [6.45, 7) is 0. The Morgan fingerprint density at radius 3 is 1.82 bits per heavy atom. The minimum atomic E-state index is -2.27. The summed E-state index contributed by atoms with van der Waals surface area (Å²) in [5.74, 6) is 0. The Balaban J connectivity index is 2.16. The van der Waals surface area contributed by atoms with E-state index in [1.165, 1.54) is 25.7 Å². The van der Waals surface area contributed by atoms with Crippen molar-refractivity contribution in [1.29, 1.82) is 0 Å². The Morgan fingerprint density at radius 1 is 0.909 bits per heavy atom. The standard InChI is InChI=1S/C8H12Cl2Ge/c9-11(10)5-7-3-1-2-4-8(7)6-11/h1-6H2.